The highest BCUT2D eigenvalue weighted by Gasteiger charge is 2.41. The first-order valence-corrected chi connectivity index (χ1v) is 9.83. The van der Waals surface area contributed by atoms with Gasteiger partial charge in [0.05, 0.1) is 0 Å². The van der Waals surface area contributed by atoms with Gasteiger partial charge >= 0.3 is 0 Å². The molecule has 0 aromatic heterocycles. The lowest BCUT2D eigenvalue weighted by Crippen LogP contribution is -2.46. The second-order valence-electron chi connectivity index (χ2n) is 8.28. The van der Waals surface area contributed by atoms with Crippen LogP contribution in [-0.2, 0) is 18.7 Å². The Morgan fingerprint density at radius 3 is 1.63 bits per heavy atom. The molecule has 1 aliphatic rings. The molecule has 0 saturated carbocycles. The summed E-state index contributed by atoms with van der Waals surface area (Å²) >= 11 is 0. The van der Waals surface area contributed by atoms with Crippen molar-refractivity contribution in [3.63, 3.8) is 0 Å². The van der Waals surface area contributed by atoms with Crippen molar-refractivity contribution in [3.8, 4) is 0 Å². The third-order valence-electron chi connectivity index (χ3n) is 5.35. The summed E-state index contributed by atoms with van der Waals surface area (Å²) in [5.41, 5.74) is 3.43. The Bertz CT molecular complexity index is 663. The fourth-order valence-electron chi connectivity index (χ4n) is 4.07. The number of rotatable bonds is 7. The second kappa shape index (κ2) is 8.53. The van der Waals surface area contributed by atoms with Gasteiger partial charge < -0.3 is 20.2 Å². The predicted molar refractivity (Wildman–Crippen MR) is 112 cm³/mol. The number of nitrogens with zero attached hydrogens (tertiary/aromatic N) is 2. The van der Waals surface area contributed by atoms with Crippen LogP contribution in [0.4, 0.5) is 0 Å². The van der Waals surface area contributed by atoms with Crippen molar-refractivity contribution in [3.05, 3.63) is 70.8 Å². The van der Waals surface area contributed by atoms with Crippen molar-refractivity contribution in [2.24, 2.45) is 0 Å². The van der Waals surface area contributed by atoms with Crippen molar-refractivity contribution in [1.82, 2.24) is 15.1 Å². The van der Waals surface area contributed by atoms with Crippen LogP contribution >= 0.6 is 0 Å². The summed E-state index contributed by atoms with van der Waals surface area (Å²) in [6.07, 6.45) is 2.08. The molecule has 0 spiro atoms. The molecule has 2 aromatic rings. The van der Waals surface area contributed by atoms with Crippen LogP contribution in [0.1, 0.15) is 35.1 Å². The fourth-order valence-corrected chi connectivity index (χ4v) is 4.07. The average Bonchev–Trinajstić information content (AvgIpc) is 3.16. The van der Waals surface area contributed by atoms with E-state index in [0.29, 0.717) is 0 Å². The predicted octanol–water partition coefficient (Wildman–Crippen LogP) is 2.80. The molecule has 1 saturated heterocycles. The monoisotopic (exact) mass is 367 g/mol. The minimum absolute atomic E-state index is 0.0388. The van der Waals surface area contributed by atoms with Crippen molar-refractivity contribution in [2.45, 2.75) is 37.6 Å². The van der Waals surface area contributed by atoms with E-state index in [9.17, 15) is 5.11 Å². The molecule has 4 heteroatoms. The van der Waals surface area contributed by atoms with E-state index in [1.807, 2.05) is 0 Å². The molecular formula is C23H33N3O. The molecule has 0 amide bonds. The van der Waals surface area contributed by atoms with Crippen molar-refractivity contribution < 1.29 is 5.11 Å². The van der Waals surface area contributed by atoms with Gasteiger partial charge in [0.15, 0.2) is 0 Å². The molecule has 1 atom stereocenters. The molecule has 1 heterocycles. The molecule has 146 valence electrons. The Balaban J connectivity index is 1.94. The summed E-state index contributed by atoms with van der Waals surface area (Å²) in [6, 6.07) is 16.9. The van der Waals surface area contributed by atoms with Crippen LogP contribution in [0.15, 0.2) is 48.5 Å². The van der Waals surface area contributed by atoms with Crippen LogP contribution in [0, 0.1) is 0 Å². The van der Waals surface area contributed by atoms with Crippen LogP contribution in [0.25, 0.3) is 0 Å². The van der Waals surface area contributed by atoms with Gasteiger partial charge in [0.1, 0.15) is 5.60 Å². The Morgan fingerprint density at radius 2 is 1.30 bits per heavy atom. The van der Waals surface area contributed by atoms with Crippen LogP contribution in [0.5, 0.6) is 0 Å². The maximum absolute atomic E-state index is 11.9. The first-order valence-electron chi connectivity index (χ1n) is 9.83. The van der Waals surface area contributed by atoms with E-state index in [-0.39, 0.29) is 6.04 Å². The topological polar surface area (TPSA) is 38.7 Å². The number of hydrogen-bond acceptors (Lipinski definition) is 4. The molecule has 2 N–H and O–H groups in total. The zero-order valence-electron chi connectivity index (χ0n) is 17.1. The van der Waals surface area contributed by atoms with Crippen LogP contribution in [0.2, 0.25) is 0 Å². The fraction of sp³-hybridized carbons (Fsp3) is 0.478. The smallest absolute Gasteiger partial charge is 0.130 e. The highest BCUT2D eigenvalue weighted by molar-refractivity contribution is 5.41. The van der Waals surface area contributed by atoms with E-state index in [4.69, 9.17) is 0 Å². The van der Waals surface area contributed by atoms with Gasteiger partial charge in [-0.25, -0.2) is 0 Å². The van der Waals surface area contributed by atoms with E-state index < -0.39 is 5.60 Å². The maximum Gasteiger partial charge on any atom is 0.130 e. The lowest BCUT2D eigenvalue weighted by Gasteiger charge is -2.35. The highest BCUT2D eigenvalue weighted by atomic mass is 16.3. The van der Waals surface area contributed by atoms with Crippen LogP contribution in [-0.4, -0.2) is 55.7 Å². The third kappa shape index (κ3) is 4.58. The summed E-state index contributed by atoms with van der Waals surface area (Å²) in [5, 5.41) is 15.4. The quantitative estimate of drug-likeness (QED) is 0.789. The first-order chi connectivity index (χ1) is 12.9. The van der Waals surface area contributed by atoms with Gasteiger partial charge in [0.25, 0.3) is 0 Å². The summed E-state index contributed by atoms with van der Waals surface area (Å²) < 4.78 is 0. The third-order valence-corrected chi connectivity index (χ3v) is 5.35. The van der Waals surface area contributed by atoms with Crippen LogP contribution < -0.4 is 5.32 Å². The highest BCUT2D eigenvalue weighted by Crippen LogP contribution is 2.37. The van der Waals surface area contributed by atoms with Gasteiger partial charge in [0, 0.05) is 19.1 Å². The molecule has 0 unspecified atom stereocenters. The van der Waals surface area contributed by atoms with E-state index in [1.165, 1.54) is 11.1 Å². The molecule has 1 fully saturated rings. The lowest BCUT2D eigenvalue weighted by atomic mass is 9.79. The normalized spacial score (nSPS) is 17.8. The average molecular weight is 368 g/mol. The molecule has 1 aliphatic heterocycles. The molecule has 0 radical (unpaired) electrons. The largest absolute Gasteiger partial charge is 0.379 e. The number of hydrogen-bond donors (Lipinski definition) is 2. The summed E-state index contributed by atoms with van der Waals surface area (Å²) in [7, 11) is 8.29. The van der Waals surface area contributed by atoms with Gasteiger partial charge in [0.2, 0.25) is 0 Å². The van der Waals surface area contributed by atoms with Crippen molar-refractivity contribution in [1.29, 1.82) is 0 Å². The zero-order chi connectivity index (χ0) is 19.4. The van der Waals surface area contributed by atoms with Crippen molar-refractivity contribution >= 4 is 0 Å². The zero-order valence-corrected chi connectivity index (χ0v) is 17.1. The minimum atomic E-state index is -1.01. The molecule has 2 aromatic carbocycles. The first kappa shape index (κ1) is 20.0. The van der Waals surface area contributed by atoms with Gasteiger partial charge in [-0.1, -0.05) is 48.5 Å². The van der Waals surface area contributed by atoms with Gasteiger partial charge in [-0.15, -0.1) is 0 Å². The number of aliphatic hydroxyl groups is 1. The van der Waals surface area contributed by atoms with E-state index in [2.05, 4.69) is 91.8 Å². The standard InChI is InChI=1S/C23H33N3O/c1-25(2)16-18-7-11-20(12-8-18)23(27,22-6-5-15-24-22)21-13-9-19(10-14-21)17-26(3)4/h7-14,22,24,27H,5-6,15-17H2,1-4H3/t22-/m0/s1. The molecule has 27 heavy (non-hydrogen) atoms. The van der Waals surface area contributed by atoms with Gasteiger partial charge in [-0.2, -0.15) is 0 Å². The van der Waals surface area contributed by atoms with E-state index in [0.717, 1.165) is 43.6 Å². The SMILES string of the molecule is CN(C)Cc1ccc(C(O)(c2ccc(CN(C)C)cc2)[C@@H]2CCCN2)cc1. The van der Waals surface area contributed by atoms with Crippen LogP contribution in [0.3, 0.4) is 0 Å². The lowest BCUT2D eigenvalue weighted by molar-refractivity contribution is 0.0442. The molecule has 4 nitrogen and oxygen atoms in total. The molecule has 3 rings (SSSR count). The molecular weight excluding hydrogens is 334 g/mol. The van der Waals surface area contributed by atoms with Crippen molar-refractivity contribution in [2.75, 3.05) is 34.7 Å². The summed E-state index contributed by atoms with van der Waals surface area (Å²) in [6.45, 7) is 2.77. The molecule has 0 aliphatic carbocycles. The summed E-state index contributed by atoms with van der Waals surface area (Å²) in [5.74, 6) is 0. The number of nitrogens with one attached hydrogen (secondary N) is 1. The Kier molecular flexibility index (Phi) is 6.33. The van der Waals surface area contributed by atoms with E-state index in [1.54, 1.807) is 0 Å². The Hall–Kier alpha value is -1.72. The van der Waals surface area contributed by atoms with Gasteiger partial charge in [-0.05, 0) is 69.8 Å². The Labute approximate surface area is 163 Å². The minimum Gasteiger partial charge on any atom is -0.379 e. The second-order valence-corrected chi connectivity index (χ2v) is 8.28. The number of benzene rings is 2. The maximum atomic E-state index is 11.9. The van der Waals surface area contributed by atoms with E-state index >= 15 is 0 Å². The summed E-state index contributed by atoms with van der Waals surface area (Å²) in [4.78, 5) is 4.31. The Morgan fingerprint density at radius 1 is 0.852 bits per heavy atom. The van der Waals surface area contributed by atoms with Gasteiger partial charge in [-0.3, -0.25) is 0 Å². The molecule has 0 bridgehead atoms.